The van der Waals surface area contributed by atoms with Crippen LogP contribution in [0.25, 0.3) is 0 Å². The summed E-state index contributed by atoms with van der Waals surface area (Å²) in [6, 6.07) is 1.23. The highest BCUT2D eigenvalue weighted by molar-refractivity contribution is 8.00. The zero-order valence-electron chi connectivity index (χ0n) is 9.62. The Labute approximate surface area is 106 Å². The molecule has 2 atom stereocenters. The van der Waals surface area contributed by atoms with Crippen molar-refractivity contribution in [3.8, 4) is 0 Å². The van der Waals surface area contributed by atoms with Crippen molar-refractivity contribution in [2.45, 2.75) is 18.6 Å². The van der Waals surface area contributed by atoms with Gasteiger partial charge >= 0.3 is 11.7 Å². The molecule has 98 valence electrons. The number of thioether (sulfide) groups is 1. The van der Waals surface area contributed by atoms with Crippen molar-refractivity contribution < 1.29 is 14.3 Å². The Balaban J connectivity index is 2.11. The molecule has 8 heteroatoms. The first-order chi connectivity index (χ1) is 8.61. The van der Waals surface area contributed by atoms with Crippen molar-refractivity contribution in [3.05, 3.63) is 33.1 Å². The number of nitrogens with one attached hydrogen (secondary N) is 1. The maximum Gasteiger partial charge on any atom is 0.345 e. The molecule has 1 aliphatic rings. The standard InChI is InChI=1S/C10H12N2O5S/c1-2-16-8(14)9-17-7(5-18-9)12-4-3-6(13)11-10(12)15/h3-4,7,9H,2,5H2,1H3,(H,11,13,15). The quantitative estimate of drug-likeness (QED) is 0.759. The molecule has 0 bridgehead atoms. The minimum absolute atomic E-state index is 0.280. The lowest BCUT2D eigenvalue weighted by Gasteiger charge is -2.13. The van der Waals surface area contributed by atoms with Gasteiger partial charge in [0.1, 0.15) is 6.23 Å². The predicted octanol–water partition coefficient (Wildman–Crippen LogP) is -0.312. The molecule has 7 nitrogen and oxygen atoms in total. The van der Waals surface area contributed by atoms with Crippen molar-refractivity contribution >= 4 is 17.7 Å². The second-order valence-corrected chi connectivity index (χ2v) is 4.62. The molecular formula is C10H12N2O5S. The number of carbonyl (C=O) groups excluding carboxylic acids is 1. The van der Waals surface area contributed by atoms with E-state index in [0.29, 0.717) is 5.75 Å². The molecule has 2 unspecified atom stereocenters. The summed E-state index contributed by atoms with van der Waals surface area (Å²) < 4.78 is 11.5. The van der Waals surface area contributed by atoms with Crippen LogP contribution in [-0.2, 0) is 14.3 Å². The van der Waals surface area contributed by atoms with E-state index in [0.717, 1.165) is 0 Å². The lowest BCUT2D eigenvalue weighted by atomic mass is 10.5. The third kappa shape index (κ3) is 2.65. The van der Waals surface area contributed by atoms with Crippen LogP contribution in [0.2, 0.25) is 0 Å². The fraction of sp³-hybridized carbons (Fsp3) is 0.500. The average Bonchev–Trinajstić information content (AvgIpc) is 2.78. The number of hydrogen-bond donors (Lipinski definition) is 1. The van der Waals surface area contributed by atoms with E-state index in [9.17, 15) is 14.4 Å². The number of esters is 1. The number of carbonyl (C=O) groups is 1. The van der Waals surface area contributed by atoms with Crippen LogP contribution in [0, 0.1) is 0 Å². The topological polar surface area (TPSA) is 90.4 Å². The van der Waals surface area contributed by atoms with Gasteiger partial charge in [-0.1, -0.05) is 0 Å². The van der Waals surface area contributed by atoms with Gasteiger partial charge in [-0.3, -0.25) is 14.3 Å². The molecule has 0 aromatic carbocycles. The Kier molecular flexibility index (Phi) is 3.87. The highest BCUT2D eigenvalue weighted by atomic mass is 32.2. The number of ether oxygens (including phenoxy) is 2. The Morgan fingerprint density at radius 2 is 2.44 bits per heavy atom. The molecule has 0 saturated carbocycles. The molecule has 1 aromatic rings. The molecule has 1 N–H and O–H groups in total. The first-order valence-electron chi connectivity index (χ1n) is 5.37. The monoisotopic (exact) mass is 272 g/mol. The van der Waals surface area contributed by atoms with E-state index in [-0.39, 0.29) is 6.61 Å². The van der Waals surface area contributed by atoms with Gasteiger partial charge in [-0.05, 0) is 6.92 Å². The zero-order chi connectivity index (χ0) is 13.1. The molecule has 0 spiro atoms. The smallest absolute Gasteiger partial charge is 0.345 e. The highest BCUT2D eigenvalue weighted by Crippen LogP contribution is 2.31. The summed E-state index contributed by atoms with van der Waals surface area (Å²) in [6.45, 7) is 1.99. The van der Waals surface area contributed by atoms with Crippen molar-refractivity contribution in [1.82, 2.24) is 9.55 Å². The minimum Gasteiger partial charge on any atom is -0.463 e. The van der Waals surface area contributed by atoms with Gasteiger partial charge in [0.2, 0.25) is 5.44 Å². The van der Waals surface area contributed by atoms with Crippen LogP contribution in [0.4, 0.5) is 0 Å². The summed E-state index contributed by atoms with van der Waals surface area (Å²) in [7, 11) is 0. The third-order valence-electron chi connectivity index (χ3n) is 2.31. The van der Waals surface area contributed by atoms with E-state index in [4.69, 9.17) is 9.47 Å². The molecule has 18 heavy (non-hydrogen) atoms. The number of aromatic nitrogens is 2. The molecule has 2 heterocycles. The summed E-state index contributed by atoms with van der Waals surface area (Å²) >= 11 is 1.26. The first kappa shape index (κ1) is 12.9. The summed E-state index contributed by atoms with van der Waals surface area (Å²) in [5.41, 5.74) is -1.75. The van der Waals surface area contributed by atoms with Gasteiger partial charge in [-0.25, -0.2) is 9.59 Å². The van der Waals surface area contributed by atoms with Crippen LogP contribution in [0.3, 0.4) is 0 Å². The van der Waals surface area contributed by atoms with Crippen molar-refractivity contribution in [1.29, 1.82) is 0 Å². The molecule has 1 saturated heterocycles. The van der Waals surface area contributed by atoms with E-state index < -0.39 is 28.9 Å². The maximum absolute atomic E-state index is 11.5. The Bertz CT molecular complexity index is 552. The normalized spacial score (nSPS) is 22.9. The Morgan fingerprint density at radius 3 is 3.11 bits per heavy atom. The van der Waals surface area contributed by atoms with Gasteiger partial charge < -0.3 is 9.47 Å². The Morgan fingerprint density at radius 1 is 1.67 bits per heavy atom. The first-order valence-corrected chi connectivity index (χ1v) is 6.42. The van der Waals surface area contributed by atoms with Gasteiger partial charge in [0.25, 0.3) is 5.56 Å². The minimum atomic E-state index is -0.728. The van der Waals surface area contributed by atoms with Crippen molar-refractivity contribution in [2.24, 2.45) is 0 Å². The van der Waals surface area contributed by atoms with E-state index >= 15 is 0 Å². The van der Waals surface area contributed by atoms with Crippen molar-refractivity contribution in [2.75, 3.05) is 12.4 Å². The highest BCUT2D eigenvalue weighted by Gasteiger charge is 2.33. The van der Waals surface area contributed by atoms with E-state index in [2.05, 4.69) is 4.98 Å². The number of aromatic amines is 1. The van der Waals surface area contributed by atoms with Gasteiger partial charge in [0, 0.05) is 18.0 Å². The number of hydrogen-bond acceptors (Lipinski definition) is 6. The van der Waals surface area contributed by atoms with E-state index in [1.54, 1.807) is 6.92 Å². The van der Waals surface area contributed by atoms with E-state index in [1.165, 1.54) is 28.6 Å². The fourth-order valence-electron chi connectivity index (χ4n) is 1.52. The molecule has 1 fully saturated rings. The van der Waals surface area contributed by atoms with Crippen LogP contribution in [0.5, 0.6) is 0 Å². The van der Waals surface area contributed by atoms with E-state index in [1.807, 2.05) is 0 Å². The van der Waals surface area contributed by atoms with Crippen LogP contribution in [0.1, 0.15) is 13.2 Å². The van der Waals surface area contributed by atoms with Gasteiger partial charge in [-0.2, -0.15) is 0 Å². The van der Waals surface area contributed by atoms with Gasteiger partial charge in [0.05, 0.1) is 6.61 Å². The SMILES string of the molecule is CCOC(=O)C1OC(n2ccc(=O)[nH]c2=O)CS1. The molecule has 1 aliphatic heterocycles. The third-order valence-corrected chi connectivity index (χ3v) is 3.40. The largest absolute Gasteiger partial charge is 0.463 e. The van der Waals surface area contributed by atoms with Crippen LogP contribution < -0.4 is 11.2 Å². The molecule has 0 radical (unpaired) electrons. The number of nitrogens with zero attached hydrogens (tertiary/aromatic N) is 1. The molecule has 0 amide bonds. The van der Waals surface area contributed by atoms with Crippen LogP contribution in [-0.4, -0.2) is 33.3 Å². The van der Waals surface area contributed by atoms with Gasteiger partial charge in [0.15, 0.2) is 0 Å². The second-order valence-electron chi connectivity index (χ2n) is 3.53. The van der Waals surface area contributed by atoms with Crippen LogP contribution >= 0.6 is 11.8 Å². The fourth-order valence-corrected chi connectivity index (χ4v) is 2.51. The lowest BCUT2D eigenvalue weighted by Crippen LogP contribution is -2.33. The summed E-state index contributed by atoms with van der Waals surface area (Å²) in [5, 5.41) is 0. The summed E-state index contributed by atoms with van der Waals surface area (Å²) in [4.78, 5) is 36.0. The summed E-state index contributed by atoms with van der Waals surface area (Å²) in [6.07, 6.45) is 0.772. The van der Waals surface area contributed by atoms with Gasteiger partial charge in [-0.15, -0.1) is 11.8 Å². The molecule has 1 aromatic heterocycles. The van der Waals surface area contributed by atoms with Crippen molar-refractivity contribution in [3.63, 3.8) is 0 Å². The lowest BCUT2D eigenvalue weighted by molar-refractivity contribution is -0.153. The molecule has 0 aliphatic carbocycles. The predicted molar refractivity (Wildman–Crippen MR) is 64.3 cm³/mol. The average molecular weight is 272 g/mol. The number of rotatable bonds is 3. The van der Waals surface area contributed by atoms with Crippen LogP contribution in [0.15, 0.2) is 21.9 Å². The maximum atomic E-state index is 11.5. The summed E-state index contributed by atoms with van der Waals surface area (Å²) in [5.74, 6) is -0.0161. The Hall–Kier alpha value is -1.54. The zero-order valence-corrected chi connectivity index (χ0v) is 10.4. The number of H-pyrrole nitrogens is 1. The second kappa shape index (κ2) is 5.40. The molecular weight excluding hydrogens is 260 g/mol. The molecule has 2 rings (SSSR count).